The van der Waals surface area contributed by atoms with Crippen LogP contribution >= 0.6 is 23.2 Å². The second kappa shape index (κ2) is 9.49. The van der Waals surface area contributed by atoms with Gasteiger partial charge in [0.2, 0.25) is 0 Å². The van der Waals surface area contributed by atoms with E-state index in [1.165, 1.54) is 11.0 Å². The molecule has 6 nitrogen and oxygen atoms in total. The predicted molar refractivity (Wildman–Crippen MR) is 132 cm³/mol. The fourth-order valence-electron chi connectivity index (χ4n) is 4.12. The van der Waals surface area contributed by atoms with Crippen LogP contribution in [-0.2, 0) is 11.3 Å². The summed E-state index contributed by atoms with van der Waals surface area (Å²) in [7, 11) is 0. The second-order valence-corrected chi connectivity index (χ2v) is 9.33. The number of carboxylic acid groups (broad SMARTS) is 1. The van der Waals surface area contributed by atoms with Crippen molar-refractivity contribution in [1.82, 2.24) is 4.90 Å². The molecule has 1 aliphatic heterocycles. The lowest BCUT2D eigenvalue weighted by molar-refractivity contribution is -0.144. The number of hydrogen-bond donors (Lipinski definition) is 2. The van der Waals surface area contributed by atoms with Gasteiger partial charge in [-0.05, 0) is 59.0 Å². The molecular weight excluding hydrogens is 475 g/mol. The van der Waals surface area contributed by atoms with Crippen molar-refractivity contribution in [3.8, 4) is 11.1 Å². The minimum Gasteiger partial charge on any atom is -0.480 e. The van der Waals surface area contributed by atoms with Gasteiger partial charge in [-0.25, -0.2) is 4.79 Å². The van der Waals surface area contributed by atoms with Crippen LogP contribution in [0.2, 0.25) is 10.0 Å². The maximum atomic E-state index is 13.0. The molecule has 0 bridgehead atoms. The van der Waals surface area contributed by atoms with Gasteiger partial charge in [-0.1, -0.05) is 61.3 Å². The Balaban J connectivity index is 1.52. The number of carbonyl (C=O) groups excluding carboxylic acids is 2. The standard InChI is InChI=1S/C26H22Cl2N2O4/c1-14(2)23(26(33)34)30-13-17-4-3-16(11-21(17)25(30)32)15-5-8-19(9-6-15)29-24(31)20-10-7-18(27)12-22(20)28/h3-12,14,23H,13H2,1-2H3,(H,29,31)(H,33,34). The maximum absolute atomic E-state index is 13.0. The van der Waals surface area contributed by atoms with E-state index in [2.05, 4.69) is 5.32 Å². The first-order valence-electron chi connectivity index (χ1n) is 10.7. The summed E-state index contributed by atoms with van der Waals surface area (Å²) in [4.78, 5) is 38.6. The van der Waals surface area contributed by atoms with Crippen LogP contribution in [0.25, 0.3) is 11.1 Å². The average molecular weight is 497 g/mol. The van der Waals surface area contributed by atoms with Gasteiger partial charge in [-0.15, -0.1) is 0 Å². The first-order valence-corrected chi connectivity index (χ1v) is 11.4. The monoisotopic (exact) mass is 496 g/mol. The number of fused-ring (bicyclic) bond motifs is 1. The SMILES string of the molecule is CC(C)C(C(=O)O)N1Cc2ccc(-c3ccc(NC(=O)c4ccc(Cl)cc4Cl)cc3)cc2C1=O. The number of hydrogen-bond acceptors (Lipinski definition) is 3. The highest BCUT2D eigenvalue weighted by Crippen LogP contribution is 2.32. The van der Waals surface area contributed by atoms with Crippen molar-refractivity contribution in [2.45, 2.75) is 26.4 Å². The van der Waals surface area contributed by atoms with Crippen LogP contribution in [0.3, 0.4) is 0 Å². The van der Waals surface area contributed by atoms with E-state index < -0.39 is 12.0 Å². The number of anilines is 1. The number of rotatable bonds is 6. The van der Waals surface area contributed by atoms with E-state index in [0.29, 0.717) is 21.8 Å². The molecule has 0 saturated heterocycles. The molecule has 4 rings (SSSR count). The molecule has 0 fully saturated rings. The Hall–Kier alpha value is -3.35. The summed E-state index contributed by atoms with van der Waals surface area (Å²) >= 11 is 12.0. The molecule has 3 aromatic rings. The summed E-state index contributed by atoms with van der Waals surface area (Å²) in [6.45, 7) is 3.87. The van der Waals surface area contributed by atoms with Crippen LogP contribution in [0.5, 0.6) is 0 Å². The molecule has 0 spiro atoms. The molecule has 174 valence electrons. The van der Waals surface area contributed by atoms with Gasteiger partial charge in [0, 0.05) is 22.8 Å². The number of halogens is 2. The van der Waals surface area contributed by atoms with Crippen LogP contribution < -0.4 is 5.32 Å². The van der Waals surface area contributed by atoms with Gasteiger partial charge in [0.25, 0.3) is 11.8 Å². The normalized spacial score (nSPS) is 13.7. The molecular formula is C26H22Cl2N2O4. The number of carboxylic acids is 1. The molecule has 1 heterocycles. The fourth-order valence-corrected chi connectivity index (χ4v) is 4.62. The Morgan fingerprint density at radius 1 is 0.971 bits per heavy atom. The third-order valence-corrected chi connectivity index (χ3v) is 6.36. The van der Waals surface area contributed by atoms with Crippen LogP contribution in [0.1, 0.15) is 40.1 Å². The highest BCUT2D eigenvalue weighted by molar-refractivity contribution is 6.37. The Morgan fingerprint density at radius 2 is 1.65 bits per heavy atom. The Morgan fingerprint density at radius 3 is 2.26 bits per heavy atom. The molecule has 0 aromatic heterocycles. The lowest BCUT2D eigenvalue weighted by atomic mass is 10.00. The number of aliphatic carboxylic acids is 1. The molecule has 1 aliphatic rings. The largest absolute Gasteiger partial charge is 0.480 e. The van der Waals surface area contributed by atoms with Crippen LogP contribution in [0.15, 0.2) is 60.7 Å². The molecule has 8 heteroatoms. The van der Waals surface area contributed by atoms with Crippen LogP contribution in [0.4, 0.5) is 5.69 Å². The van der Waals surface area contributed by atoms with Crippen LogP contribution in [0, 0.1) is 5.92 Å². The summed E-state index contributed by atoms with van der Waals surface area (Å²) in [5, 5.41) is 13.1. The van der Waals surface area contributed by atoms with Gasteiger partial charge in [-0.2, -0.15) is 0 Å². The number of nitrogens with zero attached hydrogens (tertiary/aromatic N) is 1. The molecule has 34 heavy (non-hydrogen) atoms. The van der Waals surface area contributed by atoms with E-state index in [1.54, 1.807) is 44.2 Å². The van der Waals surface area contributed by atoms with E-state index in [-0.39, 0.29) is 29.3 Å². The minimum absolute atomic E-state index is 0.208. The van der Waals surface area contributed by atoms with Gasteiger partial charge in [0.1, 0.15) is 6.04 Å². The molecule has 0 radical (unpaired) electrons. The van der Waals surface area contributed by atoms with Crippen LogP contribution in [-0.4, -0.2) is 33.8 Å². The van der Waals surface area contributed by atoms with Gasteiger partial charge < -0.3 is 15.3 Å². The average Bonchev–Trinajstić information content (AvgIpc) is 3.09. The minimum atomic E-state index is -1.01. The smallest absolute Gasteiger partial charge is 0.326 e. The zero-order valence-corrected chi connectivity index (χ0v) is 20.0. The molecule has 2 N–H and O–H groups in total. The number of nitrogens with one attached hydrogen (secondary N) is 1. The van der Waals surface area contributed by atoms with Gasteiger partial charge in [0.15, 0.2) is 0 Å². The summed E-state index contributed by atoms with van der Waals surface area (Å²) in [5.41, 5.74) is 3.91. The summed E-state index contributed by atoms with van der Waals surface area (Å²) in [6, 6.07) is 16.6. The number of amides is 2. The molecule has 2 amide bonds. The predicted octanol–water partition coefficient (Wildman–Crippen LogP) is 5.98. The molecule has 1 atom stereocenters. The van der Waals surface area contributed by atoms with E-state index in [1.807, 2.05) is 24.3 Å². The first kappa shape index (κ1) is 23.8. The lowest BCUT2D eigenvalue weighted by Gasteiger charge is -2.27. The first-order chi connectivity index (χ1) is 16.2. The van der Waals surface area contributed by atoms with Crippen molar-refractivity contribution in [2.75, 3.05) is 5.32 Å². The summed E-state index contributed by atoms with van der Waals surface area (Å²) in [6.07, 6.45) is 0. The van der Waals surface area contributed by atoms with E-state index in [0.717, 1.165) is 16.7 Å². The zero-order chi connectivity index (χ0) is 24.6. The van der Waals surface area contributed by atoms with Crippen molar-refractivity contribution in [2.24, 2.45) is 5.92 Å². The fraction of sp³-hybridized carbons (Fsp3) is 0.192. The van der Waals surface area contributed by atoms with E-state index in [4.69, 9.17) is 23.2 Å². The summed E-state index contributed by atoms with van der Waals surface area (Å²) < 4.78 is 0. The van der Waals surface area contributed by atoms with Crippen molar-refractivity contribution in [3.05, 3.63) is 87.4 Å². The van der Waals surface area contributed by atoms with Crippen molar-refractivity contribution < 1.29 is 19.5 Å². The third-order valence-electron chi connectivity index (χ3n) is 5.81. The second-order valence-electron chi connectivity index (χ2n) is 8.49. The molecule has 3 aromatic carbocycles. The quantitative estimate of drug-likeness (QED) is 0.439. The zero-order valence-electron chi connectivity index (χ0n) is 18.5. The number of benzene rings is 3. The highest BCUT2D eigenvalue weighted by Gasteiger charge is 2.38. The maximum Gasteiger partial charge on any atom is 0.326 e. The highest BCUT2D eigenvalue weighted by atomic mass is 35.5. The Kier molecular flexibility index (Phi) is 6.64. The lowest BCUT2D eigenvalue weighted by Crippen LogP contribution is -2.44. The Bertz CT molecular complexity index is 1290. The topological polar surface area (TPSA) is 86.7 Å². The molecule has 1 unspecified atom stereocenters. The molecule has 0 saturated carbocycles. The van der Waals surface area contributed by atoms with Crippen molar-refractivity contribution >= 4 is 46.7 Å². The van der Waals surface area contributed by atoms with E-state index >= 15 is 0 Å². The van der Waals surface area contributed by atoms with Crippen molar-refractivity contribution in [1.29, 1.82) is 0 Å². The van der Waals surface area contributed by atoms with E-state index in [9.17, 15) is 19.5 Å². The van der Waals surface area contributed by atoms with Gasteiger partial charge in [-0.3, -0.25) is 9.59 Å². The molecule has 0 aliphatic carbocycles. The summed E-state index contributed by atoms with van der Waals surface area (Å²) in [5.74, 6) is -1.84. The third kappa shape index (κ3) is 4.65. The van der Waals surface area contributed by atoms with Crippen molar-refractivity contribution in [3.63, 3.8) is 0 Å². The van der Waals surface area contributed by atoms with Gasteiger partial charge in [0.05, 0.1) is 10.6 Å². The Labute approximate surface area is 207 Å². The number of carbonyl (C=O) groups is 3. The van der Waals surface area contributed by atoms with Gasteiger partial charge >= 0.3 is 5.97 Å².